The second kappa shape index (κ2) is 4.43. The molecule has 2 rings (SSSR count). The highest BCUT2D eigenvalue weighted by atomic mass is 16.1. The molecule has 0 saturated carbocycles. The first-order valence-electron chi connectivity index (χ1n) is 5.52. The minimum Gasteiger partial charge on any atom is -0.294 e. The zero-order valence-electron chi connectivity index (χ0n) is 9.07. The predicted octanol–water partition coefficient (Wildman–Crippen LogP) is 3.62. The lowest BCUT2D eigenvalue weighted by molar-refractivity contribution is 0.0992. The molecule has 1 unspecified atom stereocenters. The summed E-state index contributed by atoms with van der Waals surface area (Å²) in [5, 5.41) is 0. The summed E-state index contributed by atoms with van der Waals surface area (Å²) in [6, 6.07) is 9.55. The third kappa shape index (κ3) is 2.56. The monoisotopic (exact) mass is 200 g/mol. The van der Waals surface area contributed by atoms with Gasteiger partial charge in [-0.25, -0.2) is 0 Å². The highest BCUT2D eigenvalue weighted by molar-refractivity contribution is 5.97. The molecular formula is C14H16O. The van der Waals surface area contributed by atoms with Gasteiger partial charge >= 0.3 is 0 Å². The fourth-order valence-corrected chi connectivity index (χ4v) is 2.06. The Kier molecular flexibility index (Phi) is 3.00. The summed E-state index contributed by atoms with van der Waals surface area (Å²) < 4.78 is 0. The molecule has 1 nitrogen and oxygen atoms in total. The van der Waals surface area contributed by atoms with Crippen LogP contribution in [0.4, 0.5) is 0 Å². The lowest BCUT2D eigenvalue weighted by atomic mass is 10.0. The molecule has 0 aromatic heterocycles. The largest absolute Gasteiger partial charge is 0.294 e. The van der Waals surface area contributed by atoms with Crippen LogP contribution < -0.4 is 0 Å². The summed E-state index contributed by atoms with van der Waals surface area (Å²) in [7, 11) is 0. The van der Waals surface area contributed by atoms with Gasteiger partial charge in [0.1, 0.15) is 0 Å². The Bertz CT molecular complexity index is 376. The van der Waals surface area contributed by atoms with Crippen molar-refractivity contribution >= 4 is 5.78 Å². The zero-order valence-corrected chi connectivity index (χ0v) is 9.07. The summed E-state index contributed by atoms with van der Waals surface area (Å²) in [4.78, 5) is 11.9. The second-order valence-electron chi connectivity index (χ2n) is 4.37. The molecule has 0 radical (unpaired) electrons. The molecular weight excluding hydrogens is 184 g/mol. The molecule has 0 amide bonds. The highest BCUT2D eigenvalue weighted by Crippen LogP contribution is 2.27. The van der Waals surface area contributed by atoms with E-state index in [1.807, 2.05) is 30.3 Å². The van der Waals surface area contributed by atoms with Crippen molar-refractivity contribution in [2.45, 2.75) is 26.2 Å². The van der Waals surface area contributed by atoms with Crippen LogP contribution in [0.25, 0.3) is 0 Å². The molecule has 0 spiro atoms. The molecule has 1 atom stereocenters. The minimum absolute atomic E-state index is 0.246. The second-order valence-corrected chi connectivity index (χ2v) is 4.37. The number of hydrogen-bond donors (Lipinski definition) is 0. The van der Waals surface area contributed by atoms with Gasteiger partial charge in [0.2, 0.25) is 0 Å². The van der Waals surface area contributed by atoms with Crippen molar-refractivity contribution in [1.29, 1.82) is 0 Å². The predicted molar refractivity (Wildman–Crippen MR) is 61.9 cm³/mol. The number of carbonyl (C=O) groups is 1. The molecule has 0 heterocycles. The SMILES string of the molecule is CC1CC=C(CC(=O)c2ccccc2)C1. The van der Waals surface area contributed by atoms with Gasteiger partial charge in [-0.15, -0.1) is 0 Å². The van der Waals surface area contributed by atoms with Gasteiger partial charge in [0.15, 0.2) is 5.78 Å². The van der Waals surface area contributed by atoms with Crippen LogP contribution in [0.15, 0.2) is 42.0 Å². The lowest BCUT2D eigenvalue weighted by Gasteiger charge is -2.03. The van der Waals surface area contributed by atoms with Gasteiger partial charge < -0.3 is 0 Å². The quantitative estimate of drug-likeness (QED) is 0.538. The Labute approximate surface area is 90.8 Å². The Morgan fingerprint density at radius 3 is 2.67 bits per heavy atom. The van der Waals surface area contributed by atoms with Crippen molar-refractivity contribution in [2.75, 3.05) is 0 Å². The summed E-state index contributed by atoms with van der Waals surface area (Å²) in [5.74, 6) is 0.972. The molecule has 0 bridgehead atoms. The Hall–Kier alpha value is -1.37. The molecule has 1 heteroatoms. The third-order valence-electron chi connectivity index (χ3n) is 2.90. The topological polar surface area (TPSA) is 17.1 Å². The number of rotatable bonds is 3. The average molecular weight is 200 g/mol. The van der Waals surface area contributed by atoms with Crippen LogP contribution in [0.2, 0.25) is 0 Å². The number of Topliss-reactive ketones (excluding diaryl/α,β-unsaturated/α-hetero) is 1. The van der Waals surface area contributed by atoms with E-state index in [9.17, 15) is 4.79 Å². The molecule has 0 saturated heterocycles. The van der Waals surface area contributed by atoms with E-state index < -0.39 is 0 Å². The molecule has 0 fully saturated rings. The van der Waals surface area contributed by atoms with Crippen molar-refractivity contribution in [3.63, 3.8) is 0 Å². The first-order valence-corrected chi connectivity index (χ1v) is 5.52. The van der Waals surface area contributed by atoms with Crippen molar-refractivity contribution < 1.29 is 4.79 Å². The normalized spacial score (nSPS) is 20.1. The maximum atomic E-state index is 11.9. The Morgan fingerprint density at radius 2 is 2.07 bits per heavy atom. The standard InChI is InChI=1S/C14H16O/c1-11-7-8-12(9-11)10-14(15)13-5-3-2-4-6-13/h2-6,8,11H,7,9-10H2,1H3. The van der Waals surface area contributed by atoms with Gasteiger partial charge in [-0.05, 0) is 18.8 Å². The summed E-state index contributed by atoms with van der Waals surface area (Å²) in [6.07, 6.45) is 5.07. The fraction of sp³-hybridized carbons (Fsp3) is 0.357. The average Bonchev–Trinajstić information content (AvgIpc) is 2.65. The molecule has 78 valence electrons. The van der Waals surface area contributed by atoms with Crippen molar-refractivity contribution in [2.24, 2.45) is 5.92 Å². The maximum absolute atomic E-state index is 11.9. The van der Waals surface area contributed by atoms with E-state index in [-0.39, 0.29) is 5.78 Å². The third-order valence-corrected chi connectivity index (χ3v) is 2.90. The van der Waals surface area contributed by atoms with E-state index in [1.54, 1.807) is 0 Å². The number of ketones is 1. The highest BCUT2D eigenvalue weighted by Gasteiger charge is 2.15. The van der Waals surface area contributed by atoms with E-state index >= 15 is 0 Å². The van der Waals surface area contributed by atoms with Crippen LogP contribution in [0, 0.1) is 5.92 Å². The molecule has 15 heavy (non-hydrogen) atoms. The van der Waals surface area contributed by atoms with E-state index in [0.29, 0.717) is 6.42 Å². The maximum Gasteiger partial charge on any atom is 0.166 e. The molecule has 0 aliphatic heterocycles. The van der Waals surface area contributed by atoms with Crippen molar-refractivity contribution in [1.82, 2.24) is 0 Å². The molecule has 0 N–H and O–H groups in total. The Morgan fingerprint density at radius 1 is 1.33 bits per heavy atom. The first-order chi connectivity index (χ1) is 7.25. The summed E-state index contributed by atoms with van der Waals surface area (Å²) >= 11 is 0. The number of carbonyl (C=O) groups excluding carboxylic acids is 1. The lowest BCUT2D eigenvalue weighted by Crippen LogP contribution is -2.00. The van der Waals surface area contributed by atoms with Gasteiger partial charge in [-0.1, -0.05) is 48.9 Å². The van der Waals surface area contributed by atoms with Crippen LogP contribution in [-0.4, -0.2) is 5.78 Å². The molecule has 1 aliphatic carbocycles. The number of hydrogen-bond acceptors (Lipinski definition) is 1. The minimum atomic E-state index is 0.246. The number of benzene rings is 1. The zero-order chi connectivity index (χ0) is 10.7. The number of allylic oxidation sites excluding steroid dienone is 2. The smallest absolute Gasteiger partial charge is 0.166 e. The van der Waals surface area contributed by atoms with Gasteiger partial charge in [-0.2, -0.15) is 0 Å². The van der Waals surface area contributed by atoms with Crippen molar-refractivity contribution in [3.8, 4) is 0 Å². The van der Waals surface area contributed by atoms with Crippen LogP contribution in [-0.2, 0) is 0 Å². The van der Waals surface area contributed by atoms with Crippen LogP contribution >= 0.6 is 0 Å². The molecule has 1 aliphatic rings. The summed E-state index contributed by atoms with van der Waals surface area (Å²) in [5.41, 5.74) is 2.15. The van der Waals surface area contributed by atoms with Gasteiger partial charge in [-0.3, -0.25) is 4.79 Å². The van der Waals surface area contributed by atoms with Gasteiger partial charge in [0, 0.05) is 12.0 Å². The van der Waals surface area contributed by atoms with Gasteiger partial charge in [0.25, 0.3) is 0 Å². The van der Waals surface area contributed by atoms with Crippen molar-refractivity contribution in [3.05, 3.63) is 47.5 Å². The van der Waals surface area contributed by atoms with Crippen LogP contribution in [0.1, 0.15) is 36.5 Å². The van der Waals surface area contributed by atoms with E-state index in [1.165, 1.54) is 5.57 Å². The van der Waals surface area contributed by atoms with E-state index in [2.05, 4.69) is 13.0 Å². The van der Waals surface area contributed by atoms with Crippen LogP contribution in [0.3, 0.4) is 0 Å². The van der Waals surface area contributed by atoms with Gasteiger partial charge in [0.05, 0.1) is 0 Å². The van der Waals surface area contributed by atoms with Crippen LogP contribution in [0.5, 0.6) is 0 Å². The Balaban J connectivity index is 1.99. The summed E-state index contributed by atoms with van der Waals surface area (Å²) in [6.45, 7) is 2.23. The van der Waals surface area contributed by atoms with E-state index in [0.717, 1.165) is 24.3 Å². The molecule has 1 aromatic carbocycles. The first kappa shape index (κ1) is 10.2. The fourth-order valence-electron chi connectivity index (χ4n) is 2.06. The van der Waals surface area contributed by atoms with E-state index in [4.69, 9.17) is 0 Å². The molecule has 1 aromatic rings.